The van der Waals surface area contributed by atoms with Crippen molar-refractivity contribution in [2.75, 3.05) is 20.1 Å². The standard InChI is InChI=1S/C16H26N2O/c1-17-9-14-5-15(19)18(10-14)16-6-11-2-12(7-16)4-13(3-11)8-16/h11-14,17H,2-10H2,1H3. The lowest BCUT2D eigenvalue weighted by Crippen LogP contribution is -2.60. The van der Waals surface area contributed by atoms with Gasteiger partial charge in [-0.3, -0.25) is 4.79 Å². The normalized spacial score (nSPS) is 48.3. The van der Waals surface area contributed by atoms with Crippen LogP contribution in [0.1, 0.15) is 44.9 Å². The molecule has 1 amide bonds. The van der Waals surface area contributed by atoms with E-state index < -0.39 is 0 Å². The van der Waals surface area contributed by atoms with Gasteiger partial charge in [0.05, 0.1) is 0 Å². The summed E-state index contributed by atoms with van der Waals surface area (Å²) in [5.41, 5.74) is 0.286. The molecule has 1 heterocycles. The molecule has 1 atom stereocenters. The first-order chi connectivity index (χ1) is 9.18. The topological polar surface area (TPSA) is 32.3 Å². The van der Waals surface area contributed by atoms with Crippen LogP contribution in [0.15, 0.2) is 0 Å². The van der Waals surface area contributed by atoms with Crippen LogP contribution in [-0.2, 0) is 4.79 Å². The summed E-state index contributed by atoms with van der Waals surface area (Å²) in [6, 6.07) is 0. The number of nitrogens with one attached hydrogen (secondary N) is 1. The summed E-state index contributed by atoms with van der Waals surface area (Å²) in [5, 5.41) is 3.25. The summed E-state index contributed by atoms with van der Waals surface area (Å²) >= 11 is 0. The third-order valence-corrected chi connectivity index (χ3v) is 6.28. The average Bonchev–Trinajstić information content (AvgIpc) is 2.70. The highest BCUT2D eigenvalue weighted by Gasteiger charge is 2.55. The molecule has 5 rings (SSSR count). The Morgan fingerprint density at radius 1 is 1.16 bits per heavy atom. The first kappa shape index (κ1) is 12.2. The van der Waals surface area contributed by atoms with Gasteiger partial charge in [0.25, 0.3) is 0 Å². The molecule has 0 radical (unpaired) electrons. The largest absolute Gasteiger partial charge is 0.337 e. The van der Waals surface area contributed by atoms with Gasteiger partial charge in [-0.25, -0.2) is 0 Å². The number of rotatable bonds is 3. The van der Waals surface area contributed by atoms with Crippen molar-refractivity contribution in [3.63, 3.8) is 0 Å². The summed E-state index contributed by atoms with van der Waals surface area (Å²) < 4.78 is 0. The van der Waals surface area contributed by atoms with Crippen molar-refractivity contribution < 1.29 is 4.79 Å². The van der Waals surface area contributed by atoms with E-state index in [1.54, 1.807) is 0 Å². The van der Waals surface area contributed by atoms with E-state index in [-0.39, 0.29) is 5.54 Å². The Morgan fingerprint density at radius 2 is 1.74 bits per heavy atom. The molecule has 0 spiro atoms. The van der Waals surface area contributed by atoms with Gasteiger partial charge in [0.2, 0.25) is 5.91 Å². The summed E-state index contributed by atoms with van der Waals surface area (Å²) in [6.07, 6.45) is 9.11. The van der Waals surface area contributed by atoms with E-state index in [4.69, 9.17) is 0 Å². The fourth-order valence-electron chi connectivity index (χ4n) is 6.06. The summed E-state index contributed by atoms with van der Waals surface area (Å²) in [5.74, 6) is 3.79. The SMILES string of the molecule is CNCC1CC(=O)N(C23CC4CC(CC(C4)C2)C3)C1. The molecule has 4 aliphatic carbocycles. The van der Waals surface area contributed by atoms with Crippen molar-refractivity contribution in [1.82, 2.24) is 10.2 Å². The Morgan fingerprint density at radius 3 is 2.26 bits per heavy atom. The summed E-state index contributed by atoms with van der Waals surface area (Å²) in [7, 11) is 2.00. The molecule has 0 aromatic carbocycles. The Hall–Kier alpha value is -0.570. The van der Waals surface area contributed by atoms with Crippen molar-refractivity contribution in [3.8, 4) is 0 Å². The zero-order chi connectivity index (χ0) is 13.0. The van der Waals surface area contributed by atoms with Crippen LogP contribution in [0.25, 0.3) is 0 Å². The van der Waals surface area contributed by atoms with Crippen LogP contribution in [0.4, 0.5) is 0 Å². The first-order valence-electron chi connectivity index (χ1n) is 8.13. The van der Waals surface area contributed by atoms with Gasteiger partial charge in [-0.1, -0.05) is 0 Å². The van der Waals surface area contributed by atoms with Gasteiger partial charge in [-0.15, -0.1) is 0 Å². The van der Waals surface area contributed by atoms with Crippen LogP contribution < -0.4 is 5.32 Å². The first-order valence-corrected chi connectivity index (χ1v) is 8.13. The van der Waals surface area contributed by atoms with Crippen molar-refractivity contribution in [2.24, 2.45) is 23.7 Å². The van der Waals surface area contributed by atoms with E-state index in [1.165, 1.54) is 38.5 Å². The predicted octanol–water partition coefficient (Wildman–Crippen LogP) is 2.02. The second-order valence-electron chi connectivity index (χ2n) is 7.77. The van der Waals surface area contributed by atoms with Crippen molar-refractivity contribution >= 4 is 5.91 Å². The minimum Gasteiger partial charge on any atom is -0.337 e. The maximum absolute atomic E-state index is 12.5. The molecule has 0 aromatic heterocycles. The summed E-state index contributed by atoms with van der Waals surface area (Å²) in [4.78, 5) is 14.8. The molecule has 1 saturated heterocycles. The third kappa shape index (κ3) is 1.84. The van der Waals surface area contributed by atoms with E-state index in [2.05, 4.69) is 10.2 Å². The zero-order valence-corrected chi connectivity index (χ0v) is 12.0. The fraction of sp³-hybridized carbons (Fsp3) is 0.938. The highest BCUT2D eigenvalue weighted by atomic mass is 16.2. The number of nitrogens with zero attached hydrogens (tertiary/aromatic N) is 1. The van der Waals surface area contributed by atoms with Crippen molar-refractivity contribution in [3.05, 3.63) is 0 Å². The lowest BCUT2D eigenvalue weighted by atomic mass is 9.52. The smallest absolute Gasteiger partial charge is 0.223 e. The van der Waals surface area contributed by atoms with Crippen LogP contribution in [0.2, 0.25) is 0 Å². The minimum absolute atomic E-state index is 0.286. The van der Waals surface area contributed by atoms with Crippen LogP contribution in [0.5, 0.6) is 0 Å². The molecule has 0 aromatic rings. The Balaban J connectivity index is 1.57. The molecular formula is C16H26N2O. The highest BCUT2D eigenvalue weighted by molar-refractivity contribution is 5.79. The molecule has 1 unspecified atom stereocenters. The average molecular weight is 262 g/mol. The number of hydrogen-bond donors (Lipinski definition) is 1. The quantitative estimate of drug-likeness (QED) is 0.844. The molecule has 19 heavy (non-hydrogen) atoms. The van der Waals surface area contributed by atoms with Crippen LogP contribution >= 0.6 is 0 Å². The van der Waals surface area contributed by atoms with Gasteiger partial charge in [-0.2, -0.15) is 0 Å². The van der Waals surface area contributed by atoms with Crippen LogP contribution in [0, 0.1) is 23.7 Å². The maximum Gasteiger partial charge on any atom is 0.223 e. The predicted molar refractivity (Wildman–Crippen MR) is 74.6 cm³/mol. The Labute approximate surface area is 116 Å². The number of likely N-dealkylation sites (tertiary alicyclic amines) is 1. The molecule has 3 heteroatoms. The molecule has 1 N–H and O–H groups in total. The Bertz CT molecular complexity index is 357. The lowest BCUT2D eigenvalue weighted by molar-refractivity contribution is -0.145. The molecule has 5 aliphatic rings. The van der Waals surface area contributed by atoms with E-state index in [9.17, 15) is 4.79 Å². The van der Waals surface area contributed by atoms with E-state index in [0.717, 1.165) is 37.3 Å². The molecule has 106 valence electrons. The number of carbonyl (C=O) groups excluding carboxylic acids is 1. The monoisotopic (exact) mass is 262 g/mol. The molecule has 1 aliphatic heterocycles. The van der Waals surface area contributed by atoms with Crippen molar-refractivity contribution in [2.45, 2.75) is 50.5 Å². The summed E-state index contributed by atoms with van der Waals surface area (Å²) in [6.45, 7) is 2.01. The number of amides is 1. The molecule has 5 fully saturated rings. The zero-order valence-electron chi connectivity index (χ0n) is 12.0. The van der Waals surface area contributed by atoms with E-state index in [1.807, 2.05) is 7.05 Å². The van der Waals surface area contributed by atoms with Gasteiger partial charge in [0.1, 0.15) is 0 Å². The maximum atomic E-state index is 12.5. The fourth-order valence-corrected chi connectivity index (χ4v) is 6.06. The second kappa shape index (κ2) is 4.21. The van der Waals surface area contributed by atoms with Gasteiger partial charge in [0.15, 0.2) is 0 Å². The van der Waals surface area contributed by atoms with Crippen LogP contribution in [0.3, 0.4) is 0 Å². The number of hydrogen-bond acceptors (Lipinski definition) is 2. The highest BCUT2D eigenvalue weighted by Crippen LogP contribution is 2.58. The Kier molecular flexibility index (Phi) is 2.70. The van der Waals surface area contributed by atoms with Gasteiger partial charge in [-0.05, 0) is 75.8 Å². The minimum atomic E-state index is 0.286. The third-order valence-electron chi connectivity index (χ3n) is 6.28. The van der Waals surface area contributed by atoms with E-state index >= 15 is 0 Å². The van der Waals surface area contributed by atoms with Gasteiger partial charge < -0.3 is 10.2 Å². The molecule has 3 nitrogen and oxygen atoms in total. The molecule has 4 bridgehead atoms. The lowest BCUT2D eigenvalue weighted by Gasteiger charge is -2.60. The molecular weight excluding hydrogens is 236 g/mol. The van der Waals surface area contributed by atoms with Gasteiger partial charge >= 0.3 is 0 Å². The molecule has 4 saturated carbocycles. The second-order valence-corrected chi connectivity index (χ2v) is 7.77. The van der Waals surface area contributed by atoms with Crippen LogP contribution in [-0.4, -0.2) is 36.5 Å². The van der Waals surface area contributed by atoms with Crippen molar-refractivity contribution in [1.29, 1.82) is 0 Å². The van der Waals surface area contributed by atoms with Gasteiger partial charge in [0, 0.05) is 18.5 Å². The van der Waals surface area contributed by atoms with E-state index in [0.29, 0.717) is 11.8 Å². The number of carbonyl (C=O) groups is 1.